The zero-order chi connectivity index (χ0) is 16.2. The minimum absolute atomic E-state index is 0.0304. The lowest BCUT2D eigenvalue weighted by atomic mass is 10.1. The van der Waals surface area contributed by atoms with E-state index in [1.807, 2.05) is 23.1 Å². The smallest absolute Gasteiger partial charge is 0.258 e. The summed E-state index contributed by atoms with van der Waals surface area (Å²) >= 11 is 1.80. The largest absolute Gasteiger partial charge is 0.497 e. The van der Waals surface area contributed by atoms with Crippen molar-refractivity contribution < 1.29 is 14.3 Å². The molecular formula is C18H19NO3S. The quantitative estimate of drug-likeness (QED) is 0.857. The highest BCUT2D eigenvalue weighted by molar-refractivity contribution is 7.99. The van der Waals surface area contributed by atoms with Crippen molar-refractivity contribution in [1.29, 1.82) is 0 Å². The van der Waals surface area contributed by atoms with Crippen molar-refractivity contribution >= 4 is 23.4 Å². The van der Waals surface area contributed by atoms with Crippen molar-refractivity contribution in [3.05, 3.63) is 48.0 Å². The van der Waals surface area contributed by atoms with Gasteiger partial charge in [-0.1, -0.05) is 12.1 Å². The lowest BCUT2D eigenvalue weighted by Gasteiger charge is -2.23. The van der Waals surface area contributed by atoms with Gasteiger partial charge in [-0.3, -0.25) is 4.79 Å². The first-order valence-corrected chi connectivity index (χ1v) is 8.48. The topological polar surface area (TPSA) is 38.8 Å². The molecule has 5 heteroatoms. The number of benzene rings is 2. The summed E-state index contributed by atoms with van der Waals surface area (Å²) in [4.78, 5) is 16.1. The molecule has 2 aromatic rings. The van der Waals surface area contributed by atoms with Gasteiger partial charge in [0.15, 0.2) is 0 Å². The van der Waals surface area contributed by atoms with Crippen LogP contribution in [0.3, 0.4) is 0 Å². The Morgan fingerprint density at radius 2 is 1.78 bits per heavy atom. The fourth-order valence-electron chi connectivity index (χ4n) is 2.63. The zero-order valence-electron chi connectivity index (χ0n) is 13.2. The van der Waals surface area contributed by atoms with Gasteiger partial charge in [-0.05, 0) is 36.4 Å². The third-order valence-corrected chi connectivity index (χ3v) is 4.93. The molecule has 1 aliphatic heterocycles. The lowest BCUT2D eigenvalue weighted by molar-refractivity contribution is 0.0986. The molecule has 2 aromatic carbocycles. The third-order valence-electron chi connectivity index (χ3n) is 3.78. The normalized spacial score (nSPS) is 13.9. The highest BCUT2D eigenvalue weighted by atomic mass is 32.2. The molecule has 0 saturated carbocycles. The van der Waals surface area contributed by atoms with Gasteiger partial charge in [-0.15, -0.1) is 11.8 Å². The Balaban J connectivity index is 2.00. The van der Waals surface area contributed by atoms with Crippen LogP contribution >= 0.6 is 11.8 Å². The van der Waals surface area contributed by atoms with E-state index in [9.17, 15) is 4.79 Å². The molecule has 1 amide bonds. The number of hydrogen-bond donors (Lipinski definition) is 0. The van der Waals surface area contributed by atoms with Crippen LogP contribution in [0.15, 0.2) is 47.4 Å². The van der Waals surface area contributed by atoms with Gasteiger partial charge < -0.3 is 14.4 Å². The Morgan fingerprint density at radius 3 is 2.48 bits per heavy atom. The number of carbonyl (C=O) groups excluding carboxylic acids is 1. The van der Waals surface area contributed by atoms with Crippen LogP contribution in [-0.4, -0.2) is 32.4 Å². The summed E-state index contributed by atoms with van der Waals surface area (Å²) in [6, 6.07) is 13.3. The van der Waals surface area contributed by atoms with Gasteiger partial charge in [0.25, 0.3) is 5.91 Å². The highest BCUT2D eigenvalue weighted by Crippen LogP contribution is 2.35. The highest BCUT2D eigenvalue weighted by Gasteiger charge is 2.23. The second-order valence-corrected chi connectivity index (χ2v) is 6.36. The third kappa shape index (κ3) is 3.29. The molecule has 0 N–H and O–H groups in total. The molecular weight excluding hydrogens is 310 g/mol. The maximum atomic E-state index is 13.1. The maximum Gasteiger partial charge on any atom is 0.258 e. The van der Waals surface area contributed by atoms with Crippen molar-refractivity contribution in [2.75, 3.05) is 31.4 Å². The first-order chi connectivity index (χ1) is 11.2. The van der Waals surface area contributed by atoms with E-state index in [2.05, 4.69) is 6.07 Å². The summed E-state index contributed by atoms with van der Waals surface area (Å²) in [6.45, 7) is 0.711. The van der Waals surface area contributed by atoms with E-state index < -0.39 is 0 Å². The number of carbonyl (C=O) groups is 1. The summed E-state index contributed by atoms with van der Waals surface area (Å²) < 4.78 is 10.5. The predicted octanol–water partition coefficient (Wildman–Crippen LogP) is 3.85. The summed E-state index contributed by atoms with van der Waals surface area (Å²) in [5.74, 6) is 2.22. The Labute approximate surface area is 140 Å². The van der Waals surface area contributed by atoms with Gasteiger partial charge in [0, 0.05) is 23.1 Å². The number of rotatable bonds is 3. The number of thioether (sulfide) groups is 1. The second kappa shape index (κ2) is 6.96. The first-order valence-electron chi connectivity index (χ1n) is 7.49. The number of para-hydroxylation sites is 1. The van der Waals surface area contributed by atoms with E-state index in [-0.39, 0.29) is 5.91 Å². The number of nitrogens with zero attached hydrogens (tertiary/aromatic N) is 1. The molecule has 0 bridgehead atoms. The van der Waals surface area contributed by atoms with E-state index in [0.717, 1.165) is 22.8 Å². The molecule has 0 aromatic heterocycles. The Kier molecular flexibility index (Phi) is 4.76. The van der Waals surface area contributed by atoms with Crippen LogP contribution in [0.5, 0.6) is 11.5 Å². The molecule has 0 fully saturated rings. The number of fused-ring (bicyclic) bond motifs is 1. The summed E-state index contributed by atoms with van der Waals surface area (Å²) in [7, 11) is 3.17. The van der Waals surface area contributed by atoms with Crippen molar-refractivity contribution in [3.63, 3.8) is 0 Å². The van der Waals surface area contributed by atoms with Gasteiger partial charge in [0.05, 0.1) is 19.9 Å². The molecule has 1 aliphatic rings. The number of amides is 1. The Morgan fingerprint density at radius 1 is 1.09 bits per heavy atom. The van der Waals surface area contributed by atoms with E-state index in [0.29, 0.717) is 23.6 Å². The number of ether oxygens (including phenoxy) is 2. The van der Waals surface area contributed by atoms with Gasteiger partial charge in [-0.2, -0.15) is 0 Å². The summed E-state index contributed by atoms with van der Waals surface area (Å²) in [6.07, 6.45) is 0.964. The lowest BCUT2D eigenvalue weighted by Crippen LogP contribution is -2.31. The van der Waals surface area contributed by atoms with Crippen LogP contribution in [0.1, 0.15) is 16.8 Å². The molecule has 0 atom stereocenters. The van der Waals surface area contributed by atoms with Crippen molar-refractivity contribution in [1.82, 2.24) is 0 Å². The average Bonchev–Trinajstić information content (AvgIpc) is 2.83. The van der Waals surface area contributed by atoms with Crippen LogP contribution in [0.4, 0.5) is 5.69 Å². The van der Waals surface area contributed by atoms with Crippen molar-refractivity contribution in [2.24, 2.45) is 0 Å². The zero-order valence-corrected chi connectivity index (χ0v) is 14.1. The van der Waals surface area contributed by atoms with E-state index in [1.165, 1.54) is 0 Å². The monoisotopic (exact) mass is 329 g/mol. The fourth-order valence-corrected chi connectivity index (χ4v) is 3.62. The first kappa shape index (κ1) is 15.7. The molecule has 120 valence electrons. The fraction of sp³-hybridized carbons (Fsp3) is 0.278. The van der Waals surface area contributed by atoms with Gasteiger partial charge in [-0.25, -0.2) is 0 Å². The molecule has 0 aliphatic carbocycles. The predicted molar refractivity (Wildman–Crippen MR) is 93.0 cm³/mol. The minimum atomic E-state index is -0.0304. The minimum Gasteiger partial charge on any atom is -0.497 e. The van der Waals surface area contributed by atoms with E-state index in [4.69, 9.17) is 9.47 Å². The SMILES string of the molecule is COc1cc(OC)cc(C(=O)N2CCCSc3ccccc32)c1. The number of anilines is 1. The number of methoxy groups -OCH3 is 2. The van der Waals surface area contributed by atoms with Crippen LogP contribution in [0.2, 0.25) is 0 Å². The van der Waals surface area contributed by atoms with Crippen LogP contribution < -0.4 is 14.4 Å². The standard InChI is InChI=1S/C18H19NO3S/c1-21-14-10-13(11-15(12-14)22-2)18(20)19-8-5-9-23-17-7-4-3-6-16(17)19/h3-4,6-7,10-12H,5,8-9H2,1-2H3. The molecule has 0 unspecified atom stereocenters. The second-order valence-electron chi connectivity index (χ2n) is 5.23. The van der Waals surface area contributed by atoms with E-state index >= 15 is 0 Å². The molecule has 1 heterocycles. The molecule has 0 spiro atoms. The van der Waals surface area contributed by atoms with E-state index in [1.54, 1.807) is 44.2 Å². The van der Waals surface area contributed by atoms with Crippen molar-refractivity contribution in [2.45, 2.75) is 11.3 Å². The van der Waals surface area contributed by atoms with Gasteiger partial charge >= 0.3 is 0 Å². The Hall–Kier alpha value is -2.14. The number of hydrogen-bond acceptors (Lipinski definition) is 4. The molecule has 4 nitrogen and oxygen atoms in total. The molecule has 0 saturated heterocycles. The van der Waals surface area contributed by atoms with Gasteiger partial charge in [0.1, 0.15) is 11.5 Å². The summed E-state index contributed by atoms with van der Waals surface area (Å²) in [5, 5.41) is 0. The maximum absolute atomic E-state index is 13.1. The van der Waals surface area contributed by atoms with Gasteiger partial charge in [0.2, 0.25) is 0 Å². The van der Waals surface area contributed by atoms with Crippen LogP contribution in [0.25, 0.3) is 0 Å². The summed E-state index contributed by atoms with van der Waals surface area (Å²) in [5.41, 5.74) is 1.55. The Bertz CT molecular complexity index is 695. The van der Waals surface area contributed by atoms with Crippen LogP contribution in [0, 0.1) is 0 Å². The van der Waals surface area contributed by atoms with Crippen LogP contribution in [-0.2, 0) is 0 Å². The molecule has 0 radical (unpaired) electrons. The molecule has 23 heavy (non-hydrogen) atoms. The average molecular weight is 329 g/mol. The van der Waals surface area contributed by atoms with Crippen molar-refractivity contribution in [3.8, 4) is 11.5 Å². The molecule has 3 rings (SSSR count).